The SMILES string of the molecule is CCCCCCCCCCCCOc1cc(CN=[N+]=[N-])cc(O)c1O. The third kappa shape index (κ3) is 9.11. The predicted octanol–water partition coefficient (Wildman–Crippen LogP) is 6.21. The highest BCUT2D eigenvalue weighted by Crippen LogP contribution is 2.36. The summed E-state index contributed by atoms with van der Waals surface area (Å²) in [4.78, 5) is 2.68. The lowest BCUT2D eigenvalue weighted by Crippen LogP contribution is -1.98. The Morgan fingerprint density at radius 1 is 0.960 bits per heavy atom. The number of rotatable bonds is 14. The first-order chi connectivity index (χ1) is 12.2. The van der Waals surface area contributed by atoms with Crippen molar-refractivity contribution in [1.82, 2.24) is 0 Å². The van der Waals surface area contributed by atoms with Crippen LogP contribution in [-0.2, 0) is 6.54 Å². The van der Waals surface area contributed by atoms with E-state index in [2.05, 4.69) is 16.9 Å². The van der Waals surface area contributed by atoms with Gasteiger partial charge in [-0.15, -0.1) is 0 Å². The van der Waals surface area contributed by atoms with Gasteiger partial charge in [-0.2, -0.15) is 0 Å². The van der Waals surface area contributed by atoms with Crippen molar-refractivity contribution in [3.63, 3.8) is 0 Å². The number of unbranched alkanes of at least 4 members (excludes halogenated alkanes) is 9. The van der Waals surface area contributed by atoms with Crippen molar-refractivity contribution in [2.75, 3.05) is 6.61 Å². The Morgan fingerprint density at radius 2 is 1.56 bits per heavy atom. The third-order valence-corrected chi connectivity index (χ3v) is 4.19. The first kappa shape index (κ1) is 21.0. The summed E-state index contributed by atoms with van der Waals surface area (Å²) in [6.45, 7) is 2.84. The van der Waals surface area contributed by atoms with Gasteiger partial charge in [0.15, 0.2) is 11.5 Å². The maximum Gasteiger partial charge on any atom is 0.200 e. The van der Waals surface area contributed by atoms with Crippen LogP contribution in [0.4, 0.5) is 0 Å². The van der Waals surface area contributed by atoms with E-state index in [9.17, 15) is 10.2 Å². The molecule has 0 fully saturated rings. The topological polar surface area (TPSA) is 98.5 Å². The molecule has 1 aromatic carbocycles. The first-order valence-electron chi connectivity index (χ1n) is 9.37. The van der Waals surface area contributed by atoms with Gasteiger partial charge in [0.2, 0.25) is 5.75 Å². The number of phenols is 2. The van der Waals surface area contributed by atoms with Gasteiger partial charge in [-0.05, 0) is 29.6 Å². The Bertz CT molecular complexity index is 543. The Labute approximate surface area is 150 Å². The fourth-order valence-electron chi connectivity index (χ4n) is 2.73. The molecule has 0 heterocycles. The fraction of sp³-hybridized carbons (Fsp3) is 0.684. The number of phenolic OH excluding ortho intramolecular Hbond substituents is 2. The number of nitrogens with zero attached hydrogens (tertiary/aromatic N) is 3. The lowest BCUT2D eigenvalue weighted by atomic mass is 10.1. The number of ether oxygens (including phenoxy) is 1. The monoisotopic (exact) mass is 349 g/mol. The van der Waals surface area contributed by atoms with Crippen LogP contribution < -0.4 is 4.74 Å². The van der Waals surface area contributed by atoms with Crippen molar-refractivity contribution in [2.24, 2.45) is 5.11 Å². The summed E-state index contributed by atoms with van der Waals surface area (Å²) in [5, 5.41) is 23.0. The van der Waals surface area contributed by atoms with Crippen molar-refractivity contribution in [2.45, 2.75) is 77.7 Å². The van der Waals surface area contributed by atoms with Crippen LogP contribution in [0, 0.1) is 0 Å². The molecule has 2 N–H and O–H groups in total. The lowest BCUT2D eigenvalue weighted by molar-refractivity contribution is 0.282. The van der Waals surface area contributed by atoms with Crippen molar-refractivity contribution in [3.05, 3.63) is 28.1 Å². The zero-order chi connectivity index (χ0) is 18.3. The van der Waals surface area contributed by atoms with E-state index in [0.717, 1.165) is 12.8 Å². The Morgan fingerprint density at radius 3 is 2.16 bits per heavy atom. The van der Waals surface area contributed by atoms with E-state index in [4.69, 9.17) is 10.3 Å². The highest BCUT2D eigenvalue weighted by Gasteiger charge is 2.10. The van der Waals surface area contributed by atoms with Gasteiger partial charge in [-0.3, -0.25) is 0 Å². The van der Waals surface area contributed by atoms with Crippen molar-refractivity contribution in [1.29, 1.82) is 0 Å². The summed E-state index contributed by atoms with van der Waals surface area (Å²) in [5.74, 6) is -0.292. The maximum atomic E-state index is 9.83. The quantitative estimate of drug-likeness (QED) is 0.137. The summed E-state index contributed by atoms with van der Waals surface area (Å²) in [5.41, 5.74) is 8.95. The summed E-state index contributed by atoms with van der Waals surface area (Å²) < 4.78 is 5.57. The summed E-state index contributed by atoms with van der Waals surface area (Å²) in [6, 6.07) is 2.97. The number of aromatic hydroxyl groups is 2. The van der Waals surface area contributed by atoms with Gasteiger partial charge in [0.05, 0.1) is 13.2 Å². The molecule has 0 aliphatic heterocycles. The molecular formula is C19H31N3O3. The smallest absolute Gasteiger partial charge is 0.200 e. The van der Waals surface area contributed by atoms with Crippen LogP contribution >= 0.6 is 0 Å². The maximum absolute atomic E-state index is 9.83. The number of benzene rings is 1. The van der Waals surface area contributed by atoms with E-state index in [1.165, 1.54) is 57.4 Å². The van der Waals surface area contributed by atoms with Gasteiger partial charge in [0.25, 0.3) is 0 Å². The van der Waals surface area contributed by atoms with E-state index >= 15 is 0 Å². The highest BCUT2D eigenvalue weighted by atomic mass is 16.5. The molecule has 0 spiro atoms. The second-order valence-electron chi connectivity index (χ2n) is 6.38. The fourth-order valence-corrected chi connectivity index (χ4v) is 2.73. The van der Waals surface area contributed by atoms with Crippen LogP contribution in [0.2, 0.25) is 0 Å². The molecule has 0 aliphatic carbocycles. The lowest BCUT2D eigenvalue weighted by Gasteiger charge is -2.11. The van der Waals surface area contributed by atoms with Gasteiger partial charge in [-0.1, -0.05) is 69.8 Å². The molecule has 0 saturated carbocycles. The summed E-state index contributed by atoms with van der Waals surface area (Å²) in [7, 11) is 0. The van der Waals surface area contributed by atoms with Crippen molar-refractivity contribution < 1.29 is 14.9 Å². The van der Waals surface area contributed by atoms with E-state index < -0.39 is 0 Å². The zero-order valence-corrected chi connectivity index (χ0v) is 15.3. The number of hydrogen-bond donors (Lipinski definition) is 2. The largest absolute Gasteiger partial charge is 0.504 e. The second kappa shape index (κ2) is 13.2. The number of hydrogen-bond acceptors (Lipinski definition) is 4. The molecule has 0 saturated heterocycles. The van der Waals surface area contributed by atoms with Crippen LogP contribution in [0.1, 0.15) is 76.7 Å². The van der Waals surface area contributed by atoms with Crippen LogP contribution in [0.25, 0.3) is 10.4 Å². The molecule has 0 aromatic heterocycles. The molecule has 0 aliphatic rings. The molecule has 25 heavy (non-hydrogen) atoms. The molecule has 140 valence electrons. The molecule has 6 nitrogen and oxygen atoms in total. The summed E-state index contributed by atoms with van der Waals surface area (Å²) >= 11 is 0. The molecule has 0 bridgehead atoms. The molecule has 6 heteroatoms. The van der Waals surface area contributed by atoms with Gasteiger partial charge in [0, 0.05) is 4.91 Å². The highest BCUT2D eigenvalue weighted by molar-refractivity contribution is 5.51. The first-order valence-corrected chi connectivity index (χ1v) is 9.37. The normalized spacial score (nSPS) is 10.4. The number of azide groups is 1. The third-order valence-electron chi connectivity index (χ3n) is 4.19. The van der Waals surface area contributed by atoms with Crippen LogP contribution in [-0.4, -0.2) is 16.8 Å². The average Bonchev–Trinajstić information content (AvgIpc) is 2.61. The van der Waals surface area contributed by atoms with Crippen LogP contribution in [0.5, 0.6) is 17.2 Å². The van der Waals surface area contributed by atoms with Gasteiger partial charge in [0.1, 0.15) is 0 Å². The van der Waals surface area contributed by atoms with E-state index in [0.29, 0.717) is 12.2 Å². The van der Waals surface area contributed by atoms with Gasteiger partial charge >= 0.3 is 0 Å². The van der Waals surface area contributed by atoms with Crippen LogP contribution in [0.3, 0.4) is 0 Å². The molecular weight excluding hydrogens is 318 g/mol. The van der Waals surface area contributed by atoms with Crippen molar-refractivity contribution in [3.8, 4) is 17.2 Å². The minimum atomic E-state index is -0.267. The van der Waals surface area contributed by atoms with E-state index in [-0.39, 0.29) is 23.8 Å². The summed E-state index contributed by atoms with van der Waals surface area (Å²) in [6.07, 6.45) is 12.5. The van der Waals surface area contributed by atoms with Gasteiger partial charge < -0.3 is 14.9 Å². The second-order valence-corrected chi connectivity index (χ2v) is 6.38. The Hall–Kier alpha value is -2.07. The minimum absolute atomic E-state index is 0.110. The zero-order valence-electron chi connectivity index (χ0n) is 15.3. The standard InChI is InChI=1S/C19H31N3O3/c1-2-3-4-5-6-7-8-9-10-11-12-25-18-14-16(15-21-22-20)13-17(23)19(18)24/h13-14,23-24H,2-12,15H2,1H3. The minimum Gasteiger partial charge on any atom is -0.504 e. The molecule has 1 aromatic rings. The molecule has 0 atom stereocenters. The van der Waals surface area contributed by atoms with E-state index in [1.54, 1.807) is 6.07 Å². The average molecular weight is 349 g/mol. The van der Waals surface area contributed by atoms with E-state index in [1.807, 2.05) is 0 Å². The Balaban J connectivity index is 2.19. The molecule has 0 unspecified atom stereocenters. The van der Waals surface area contributed by atoms with Gasteiger partial charge in [-0.25, -0.2) is 0 Å². The predicted molar refractivity (Wildman–Crippen MR) is 100.0 cm³/mol. The Kier molecular flexibility index (Phi) is 11.1. The molecule has 0 radical (unpaired) electrons. The molecule has 1 rings (SSSR count). The molecule has 0 amide bonds. The van der Waals surface area contributed by atoms with Crippen molar-refractivity contribution >= 4 is 0 Å². The van der Waals surface area contributed by atoms with Crippen LogP contribution in [0.15, 0.2) is 17.2 Å².